The van der Waals surface area contributed by atoms with Gasteiger partial charge in [0.15, 0.2) is 0 Å². The number of hydrogen-bond donors (Lipinski definition) is 1. The fourth-order valence-electron chi connectivity index (χ4n) is 2.87. The van der Waals surface area contributed by atoms with Crippen molar-refractivity contribution in [1.82, 2.24) is 4.90 Å². The van der Waals surface area contributed by atoms with Gasteiger partial charge in [-0.1, -0.05) is 23.7 Å². The molecule has 2 rings (SSSR count). The molecule has 1 fully saturated rings. The highest BCUT2D eigenvalue weighted by molar-refractivity contribution is 6.31. The van der Waals surface area contributed by atoms with Crippen LogP contribution in [0, 0.1) is 12.8 Å². The maximum absolute atomic E-state index is 6.23. The van der Waals surface area contributed by atoms with Gasteiger partial charge in [0.05, 0.1) is 6.61 Å². The van der Waals surface area contributed by atoms with E-state index in [9.17, 15) is 0 Å². The van der Waals surface area contributed by atoms with Gasteiger partial charge in [-0.05, 0) is 49.9 Å². The first kappa shape index (κ1) is 15.8. The summed E-state index contributed by atoms with van der Waals surface area (Å²) in [5.41, 5.74) is 8.29. The van der Waals surface area contributed by atoms with Gasteiger partial charge in [0.25, 0.3) is 0 Å². The van der Waals surface area contributed by atoms with Gasteiger partial charge in [-0.15, -0.1) is 0 Å². The number of likely N-dealkylation sites (N-methyl/N-ethyl adjacent to an activating group) is 1. The molecule has 1 aromatic carbocycles. The summed E-state index contributed by atoms with van der Waals surface area (Å²) in [4.78, 5) is 2.33. The number of hydrogen-bond acceptors (Lipinski definition) is 3. The van der Waals surface area contributed by atoms with Gasteiger partial charge in [0.2, 0.25) is 0 Å². The van der Waals surface area contributed by atoms with E-state index in [2.05, 4.69) is 24.1 Å². The minimum absolute atomic E-state index is 0.218. The summed E-state index contributed by atoms with van der Waals surface area (Å²) in [5, 5.41) is 0.815. The second-order valence-electron chi connectivity index (χ2n) is 5.78. The molecule has 2 atom stereocenters. The molecule has 3 nitrogen and oxygen atoms in total. The lowest BCUT2D eigenvalue weighted by Gasteiger charge is -2.32. The number of aryl methyl sites for hydroxylation is 1. The lowest BCUT2D eigenvalue weighted by molar-refractivity contribution is 0.0365. The van der Waals surface area contributed by atoms with Gasteiger partial charge in [0, 0.05) is 30.8 Å². The Hall–Kier alpha value is -0.610. The van der Waals surface area contributed by atoms with Crippen molar-refractivity contribution >= 4 is 11.6 Å². The van der Waals surface area contributed by atoms with Crippen LogP contribution in [0.15, 0.2) is 18.2 Å². The van der Waals surface area contributed by atoms with E-state index in [0.29, 0.717) is 12.5 Å². The minimum Gasteiger partial charge on any atom is -0.381 e. The SMILES string of the molecule is Cc1ccc(C(CN)N(C)CC2CCCOC2)cc1Cl. The Morgan fingerprint density at radius 1 is 1.50 bits per heavy atom. The first-order valence-corrected chi connectivity index (χ1v) is 7.73. The number of benzene rings is 1. The zero-order valence-corrected chi connectivity index (χ0v) is 13.2. The summed E-state index contributed by atoms with van der Waals surface area (Å²) in [5.74, 6) is 0.615. The quantitative estimate of drug-likeness (QED) is 0.908. The predicted octanol–water partition coefficient (Wildman–Crippen LogP) is 3.01. The first-order valence-electron chi connectivity index (χ1n) is 7.36. The third kappa shape index (κ3) is 3.95. The molecule has 1 saturated heterocycles. The highest BCUT2D eigenvalue weighted by atomic mass is 35.5. The Morgan fingerprint density at radius 2 is 2.30 bits per heavy atom. The van der Waals surface area contributed by atoms with Crippen LogP contribution in [-0.4, -0.2) is 38.3 Å². The summed E-state index contributed by atoms with van der Waals surface area (Å²) >= 11 is 6.23. The van der Waals surface area contributed by atoms with Crippen LogP contribution in [0.2, 0.25) is 5.02 Å². The largest absolute Gasteiger partial charge is 0.381 e. The zero-order valence-electron chi connectivity index (χ0n) is 12.4. The Kier molecular flexibility index (Phi) is 5.85. The molecule has 20 heavy (non-hydrogen) atoms. The smallest absolute Gasteiger partial charge is 0.0506 e. The normalized spacial score (nSPS) is 21.1. The van der Waals surface area contributed by atoms with E-state index in [1.165, 1.54) is 18.4 Å². The van der Waals surface area contributed by atoms with Crippen LogP contribution in [0.4, 0.5) is 0 Å². The van der Waals surface area contributed by atoms with Gasteiger partial charge in [0.1, 0.15) is 0 Å². The molecule has 0 saturated carbocycles. The lowest BCUT2D eigenvalue weighted by atomic mass is 9.99. The number of nitrogens with zero attached hydrogens (tertiary/aromatic N) is 1. The maximum Gasteiger partial charge on any atom is 0.0506 e. The molecule has 2 N–H and O–H groups in total. The maximum atomic E-state index is 6.23. The van der Waals surface area contributed by atoms with Crippen LogP contribution < -0.4 is 5.73 Å². The molecule has 0 bridgehead atoms. The molecular weight excluding hydrogens is 272 g/mol. The molecule has 4 heteroatoms. The molecular formula is C16H25ClN2O. The first-order chi connectivity index (χ1) is 9.61. The van der Waals surface area contributed by atoms with Gasteiger partial charge in [-0.3, -0.25) is 4.90 Å². The molecule has 0 spiro atoms. The van der Waals surface area contributed by atoms with Crippen LogP contribution in [0.1, 0.15) is 30.0 Å². The van der Waals surface area contributed by atoms with E-state index < -0.39 is 0 Å². The van der Waals surface area contributed by atoms with Crippen molar-refractivity contribution in [3.63, 3.8) is 0 Å². The van der Waals surface area contributed by atoms with Crippen molar-refractivity contribution < 1.29 is 4.74 Å². The van der Waals surface area contributed by atoms with Crippen molar-refractivity contribution in [1.29, 1.82) is 0 Å². The Bertz CT molecular complexity index is 432. The van der Waals surface area contributed by atoms with E-state index in [4.69, 9.17) is 22.1 Å². The van der Waals surface area contributed by atoms with Crippen molar-refractivity contribution in [2.75, 3.05) is 33.4 Å². The molecule has 0 aromatic heterocycles. The summed E-state index contributed by atoms with van der Waals surface area (Å²) in [7, 11) is 2.14. The summed E-state index contributed by atoms with van der Waals surface area (Å²) in [6, 6.07) is 6.46. The molecule has 1 aliphatic rings. The zero-order chi connectivity index (χ0) is 14.5. The molecule has 1 aromatic rings. The summed E-state index contributed by atoms with van der Waals surface area (Å²) in [6.45, 7) is 5.42. The van der Waals surface area contributed by atoms with Crippen molar-refractivity contribution in [3.05, 3.63) is 34.3 Å². The topological polar surface area (TPSA) is 38.5 Å². The third-order valence-electron chi connectivity index (χ3n) is 4.14. The summed E-state index contributed by atoms with van der Waals surface area (Å²) < 4.78 is 5.56. The number of rotatable bonds is 5. The van der Waals surface area contributed by atoms with Crippen LogP contribution in [0.5, 0.6) is 0 Å². The van der Waals surface area contributed by atoms with Gasteiger partial charge in [-0.25, -0.2) is 0 Å². The van der Waals surface area contributed by atoms with Crippen LogP contribution in [0.3, 0.4) is 0 Å². The van der Waals surface area contributed by atoms with E-state index in [1.807, 2.05) is 13.0 Å². The van der Waals surface area contributed by atoms with Gasteiger partial charge >= 0.3 is 0 Å². The summed E-state index contributed by atoms with van der Waals surface area (Å²) in [6.07, 6.45) is 2.42. The average Bonchev–Trinajstić information content (AvgIpc) is 2.44. The van der Waals surface area contributed by atoms with Crippen LogP contribution >= 0.6 is 11.6 Å². The Labute approximate surface area is 127 Å². The van der Waals surface area contributed by atoms with Gasteiger partial charge < -0.3 is 10.5 Å². The number of halogens is 1. The van der Waals surface area contributed by atoms with Crippen molar-refractivity contribution in [2.45, 2.75) is 25.8 Å². The fraction of sp³-hybridized carbons (Fsp3) is 0.625. The standard InChI is InChI=1S/C16H25ClN2O/c1-12-5-6-14(8-15(12)17)16(9-18)19(2)10-13-4-3-7-20-11-13/h5-6,8,13,16H,3-4,7,9-11,18H2,1-2H3. The Morgan fingerprint density at radius 3 is 2.90 bits per heavy atom. The molecule has 1 heterocycles. The van der Waals surface area contributed by atoms with E-state index in [0.717, 1.165) is 30.3 Å². The fourth-order valence-corrected chi connectivity index (χ4v) is 3.06. The number of nitrogens with two attached hydrogens (primary N) is 1. The molecule has 112 valence electrons. The molecule has 0 aliphatic carbocycles. The average molecular weight is 297 g/mol. The highest BCUT2D eigenvalue weighted by Crippen LogP contribution is 2.26. The van der Waals surface area contributed by atoms with E-state index >= 15 is 0 Å². The van der Waals surface area contributed by atoms with Crippen molar-refractivity contribution in [3.8, 4) is 0 Å². The van der Waals surface area contributed by atoms with E-state index in [-0.39, 0.29) is 6.04 Å². The minimum atomic E-state index is 0.218. The van der Waals surface area contributed by atoms with Crippen LogP contribution in [-0.2, 0) is 4.74 Å². The van der Waals surface area contributed by atoms with Crippen molar-refractivity contribution in [2.24, 2.45) is 11.7 Å². The lowest BCUT2D eigenvalue weighted by Crippen LogP contribution is -2.36. The van der Waals surface area contributed by atoms with E-state index in [1.54, 1.807) is 0 Å². The molecule has 0 amide bonds. The Balaban J connectivity index is 2.03. The molecule has 2 unspecified atom stereocenters. The molecule has 0 radical (unpaired) electrons. The van der Waals surface area contributed by atoms with Gasteiger partial charge in [-0.2, -0.15) is 0 Å². The van der Waals surface area contributed by atoms with Crippen LogP contribution in [0.25, 0.3) is 0 Å². The predicted molar refractivity (Wildman–Crippen MR) is 84.2 cm³/mol. The number of ether oxygens (including phenoxy) is 1. The third-order valence-corrected chi connectivity index (χ3v) is 4.54. The second kappa shape index (κ2) is 7.41. The monoisotopic (exact) mass is 296 g/mol. The second-order valence-corrected chi connectivity index (χ2v) is 6.19. The highest BCUT2D eigenvalue weighted by Gasteiger charge is 2.21. The molecule has 1 aliphatic heterocycles.